The number of aromatic nitrogens is 3. The van der Waals surface area contributed by atoms with Crippen LogP contribution in [-0.4, -0.2) is 52.8 Å². The van der Waals surface area contributed by atoms with Crippen molar-refractivity contribution in [3.8, 4) is 11.3 Å². The van der Waals surface area contributed by atoms with E-state index in [2.05, 4.69) is 21.4 Å². The molecule has 0 aliphatic heterocycles. The van der Waals surface area contributed by atoms with E-state index in [1.54, 1.807) is 23.9 Å². The van der Waals surface area contributed by atoms with Crippen molar-refractivity contribution >= 4 is 16.7 Å². The van der Waals surface area contributed by atoms with Gasteiger partial charge >= 0.3 is 0 Å². The molecule has 1 N–H and O–H groups in total. The molecule has 7 heteroatoms. The minimum absolute atomic E-state index is 0.0412. The minimum atomic E-state index is -0.142. The lowest BCUT2D eigenvalue weighted by Crippen LogP contribution is -2.23. The molecule has 2 aromatic carbocycles. The van der Waals surface area contributed by atoms with Crippen LogP contribution in [0, 0.1) is 0 Å². The average Bonchev–Trinajstić information content (AvgIpc) is 3.25. The number of rotatable bonds is 7. The van der Waals surface area contributed by atoms with E-state index in [0.717, 1.165) is 40.7 Å². The van der Waals surface area contributed by atoms with Crippen molar-refractivity contribution in [2.45, 2.75) is 13.0 Å². The van der Waals surface area contributed by atoms with Crippen molar-refractivity contribution in [3.63, 3.8) is 0 Å². The van der Waals surface area contributed by atoms with E-state index in [1.807, 2.05) is 68.4 Å². The zero-order valence-corrected chi connectivity index (χ0v) is 19.5. The van der Waals surface area contributed by atoms with Gasteiger partial charge in [0.25, 0.3) is 11.5 Å². The second-order valence-electron chi connectivity index (χ2n) is 8.52. The monoisotopic (exact) mass is 443 g/mol. The number of nitrogens with one attached hydrogen (secondary N) is 1. The highest BCUT2D eigenvalue weighted by Gasteiger charge is 2.13. The highest BCUT2D eigenvalue weighted by Crippen LogP contribution is 2.25. The summed E-state index contributed by atoms with van der Waals surface area (Å²) in [5, 5.41) is 8.58. The molecule has 0 atom stereocenters. The molecule has 0 aliphatic rings. The zero-order valence-electron chi connectivity index (χ0n) is 19.5. The van der Waals surface area contributed by atoms with Gasteiger partial charge in [0.2, 0.25) is 0 Å². The molecule has 0 saturated heterocycles. The molecule has 0 radical (unpaired) electrons. The molecular formula is C26H29N5O2. The maximum absolute atomic E-state index is 13.4. The number of aryl methyl sites for hydroxylation is 1. The van der Waals surface area contributed by atoms with Crippen molar-refractivity contribution in [1.82, 2.24) is 24.6 Å². The van der Waals surface area contributed by atoms with Gasteiger partial charge in [0, 0.05) is 49.5 Å². The topological polar surface area (TPSA) is 72.2 Å². The third-order valence-corrected chi connectivity index (χ3v) is 5.88. The van der Waals surface area contributed by atoms with Crippen LogP contribution in [0.4, 0.5) is 0 Å². The molecule has 7 nitrogen and oxygen atoms in total. The van der Waals surface area contributed by atoms with Crippen LogP contribution in [0.1, 0.15) is 21.5 Å². The zero-order chi connectivity index (χ0) is 23.5. The number of carbonyl (C=O) groups is 1. The molecule has 2 heterocycles. The van der Waals surface area contributed by atoms with Gasteiger partial charge in [0.05, 0.1) is 12.2 Å². The highest BCUT2D eigenvalue weighted by atomic mass is 16.1. The lowest BCUT2D eigenvalue weighted by atomic mass is 10.0. The Morgan fingerprint density at radius 2 is 1.91 bits per heavy atom. The van der Waals surface area contributed by atoms with Gasteiger partial charge in [-0.15, -0.1) is 0 Å². The highest BCUT2D eigenvalue weighted by molar-refractivity contribution is 5.94. The Balaban J connectivity index is 1.81. The fourth-order valence-corrected chi connectivity index (χ4v) is 4.10. The van der Waals surface area contributed by atoms with Gasteiger partial charge in [-0.2, -0.15) is 5.10 Å². The van der Waals surface area contributed by atoms with Crippen LogP contribution >= 0.6 is 0 Å². The van der Waals surface area contributed by atoms with Crippen molar-refractivity contribution < 1.29 is 4.79 Å². The Morgan fingerprint density at radius 1 is 1.09 bits per heavy atom. The maximum Gasteiger partial charge on any atom is 0.258 e. The van der Waals surface area contributed by atoms with E-state index in [4.69, 9.17) is 0 Å². The van der Waals surface area contributed by atoms with E-state index < -0.39 is 0 Å². The molecule has 4 aromatic rings. The second-order valence-corrected chi connectivity index (χ2v) is 8.52. The molecule has 0 spiro atoms. The summed E-state index contributed by atoms with van der Waals surface area (Å²) in [6.07, 6.45) is 4.56. The Hall–Kier alpha value is -3.71. The molecule has 0 fully saturated rings. The standard InChI is InChI=1S/C26H29N5O2/c1-27-25(32)20-7-5-6-18(14-20)16-31-17-21(11-13-29(2)3)23-15-19(8-9-22(23)26(31)33)24-10-12-28-30(24)4/h5-10,12,14-15,17H,11,13,16H2,1-4H3,(H,27,32). The van der Waals surface area contributed by atoms with Crippen LogP contribution in [0.15, 0.2) is 65.7 Å². The summed E-state index contributed by atoms with van der Waals surface area (Å²) in [6, 6.07) is 15.3. The third kappa shape index (κ3) is 4.73. The van der Waals surface area contributed by atoms with Gasteiger partial charge in [0.15, 0.2) is 0 Å². The lowest BCUT2D eigenvalue weighted by molar-refractivity contribution is 0.0963. The normalized spacial score (nSPS) is 11.3. The molecule has 0 saturated carbocycles. The maximum atomic E-state index is 13.4. The van der Waals surface area contributed by atoms with Crippen LogP contribution < -0.4 is 10.9 Å². The van der Waals surface area contributed by atoms with Crippen LogP contribution in [0.25, 0.3) is 22.0 Å². The number of benzene rings is 2. The number of nitrogens with zero attached hydrogens (tertiary/aromatic N) is 4. The molecule has 1 amide bonds. The van der Waals surface area contributed by atoms with Gasteiger partial charge in [-0.1, -0.05) is 18.2 Å². The molecule has 33 heavy (non-hydrogen) atoms. The van der Waals surface area contributed by atoms with Crippen LogP contribution in [0.3, 0.4) is 0 Å². The largest absolute Gasteiger partial charge is 0.355 e. The van der Waals surface area contributed by atoms with Crippen molar-refractivity contribution in [2.24, 2.45) is 7.05 Å². The molecule has 170 valence electrons. The summed E-state index contributed by atoms with van der Waals surface area (Å²) in [5.74, 6) is -0.142. The predicted molar refractivity (Wildman–Crippen MR) is 132 cm³/mol. The summed E-state index contributed by atoms with van der Waals surface area (Å²) in [5.41, 5.74) is 4.60. The van der Waals surface area contributed by atoms with Gasteiger partial charge < -0.3 is 14.8 Å². The van der Waals surface area contributed by atoms with E-state index >= 15 is 0 Å². The van der Waals surface area contributed by atoms with Crippen LogP contribution in [0.5, 0.6) is 0 Å². The first-order valence-electron chi connectivity index (χ1n) is 11.0. The first-order valence-corrected chi connectivity index (χ1v) is 11.0. The number of amides is 1. The van der Waals surface area contributed by atoms with Crippen molar-refractivity contribution in [1.29, 1.82) is 0 Å². The molecule has 0 unspecified atom stereocenters. The van der Waals surface area contributed by atoms with E-state index in [9.17, 15) is 9.59 Å². The fourth-order valence-electron chi connectivity index (χ4n) is 4.10. The second kappa shape index (κ2) is 9.42. The molecule has 2 aromatic heterocycles. The first-order chi connectivity index (χ1) is 15.9. The van der Waals surface area contributed by atoms with Gasteiger partial charge in [0.1, 0.15) is 0 Å². The summed E-state index contributed by atoms with van der Waals surface area (Å²) in [7, 11) is 7.62. The predicted octanol–water partition coefficient (Wildman–Crippen LogP) is 2.91. The van der Waals surface area contributed by atoms with Gasteiger partial charge in [-0.25, -0.2) is 0 Å². The SMILES string of the molecule is CNC(=O)c1cccc(Cn2cc(CCN(C)C)c3cc(-c4ccnn4C)ccc3c2=O)c1. The van der Waals surface area contributed by atoms with Crippen molar-refractivity contribution in [3.05, 3.63) is 88.0 Å². The van der Waals surface area contributed by atoms with Gasteiger partial charge in [-0.05, 0) is 67.4 Å². The quantitative estimate of drug-likeness (QED) is 0.477. The molecule has 0 aliphatic carbocycles. The van der Waals surface area contributed by atoms with Crippen LogP contribution in [-0.2, 0) is 20.0 Å². The van der Waals surface area contributed by atoms with Gasteiger partial charge in [-0.3, -0.25) is 14.3 Å². The van der Waals surface area contributed by atoms with Crippen molar-refractivity contribution in [2.75, 3.05) is 27.7 Å². The number of pyridine rings is 1. The van der Waals surface area contributed by atoms with Crippen LogP contribution in [0.2, 0.25) is 0 Å². The summed E-state index contributed by atoms with van der Waals surface area (Å²) < 4.78 is 3.58. The smallest absolute Gasteiger partial charge is 0.258 e. The lowest BCUT2D eigenvalue weighted by Gasteiger charge is -2.16. The summed E-state index contributed by atoms with van der Waals surface area (Å²) in [4.78, 5) is 27.6. The molecular weight excluding hydrogens is 414 g/mol. The number of hydrogen-bond acceptors (Lipinski definition) is 4. The van der Waals surface area contributed by atoms with E-state index in [1.165, 1.54) is 0 Å². The average molecular weight is 444 g/mol. The number of hydrogen-bond donors (Lipinski definition) is 1. The molecule has 0 bridgehead atoms. The Bertz CT molecular complexity index is 1370. The third-order valence-electron chi connectivity index (χ3n) is 5.88. The minimum Gasteiger partial charge on any atom is -0.355 e. The number of fused-ring (bicyclic) bond motifs is 1. The number of carbonyl (C=O) groups excluding carboxylic acids is 1. The summed E-state index contributed by atoms with van der Waals surface area (Å²) >= 11 is 0. The Morgan fingerprint density at radius 3 is 2.61 bits per heavy atom. The number of likely N-dealkylation sites (N-methyl/N-ethyl adjacent to an activating group) is 1. The fraction of sp³-hybridized carbons (Fsp3) is 0.269. The summed E-state index contributed by atoms with van der Waals surface area (Å²) in [6.45, 7) is 1.27. The van der Waals surface area contributed by atoms with E-state index in [0.29, 0.717) is 17.5 Å². The Labute approximate surface area is 193 Å². The molecule has 4 rings (SSSR count). The van der Waals surface area contributed by atoms with E-state index in [-0.39, 0.29) is 11.5 Å². The Kier molecular flexibility index (Phi) is 6.42. The first kappa shape index (κ1) is 22.5.